The Labute approximate surface area is 91.6 Å². The first-order valence-corrected chi connectivity index (χ1v) is 5.91. The predicted octanol–water partition coefficient (Wildman–Crippen LogP) is 1.97. The predicted molar refractivity (Wildman–Crippen MR) is 59.3 cm³/mol. The molecule has 0 fully saturated rings. The number of carboxylic acid groups (broad SMARTS) is 1. The maximum atomic E-state index is 11.9. The van der Waals surface area contributed by atoms with Gasteiger partial charge in [-0.1, -0.05) is 12.1 Å². The maximum absolute atomic E-state index is 11.9. The Morgan fingerprint density at radius 3 is 2.73 bits per heavy atom. The molecule has 82 valence electrons. The Bertz CT molecular complexity index is 387. The van der Waals surface area contributed by atoms with Crippen molar-refractivity contribution < 1.29 is 14.1 Å². The molecule has 0 aliphatic rings. The molecule has 2 atom stereocenters. The SMILES string of the molecule is Cc1cccc(S(=O)C(C)CC(=O)O)c1. The van der Waals surface area contributed by atoms with Crippen LogP contribution in [0.2, 0.25) is 0 Å². The van der Waals surface area contributed by atoms with Crippen LogP contribution in [0, 0.1) is 6.92 Å². The van der Waals surface area contributed by atoms with Gasteiger partial charge in [0.2, 0.25) is 0 Å². The van der Waals surface area contributed by atoms with Crippen LogP contribution in [0.25, 0.3) is 0 Å². The number of hydrogen-bond acceptors (Lipinski definition) is 2. The molecule has 0 aliphatic carbocycles. The summed E-state index contributed by atoms with van der Waals surface area (Å²) in [6.45, 7) is 3.61. The smallest absolute Gasteiger partial charge is 0.304 e. The normalized spacial score (nSPS) is 14.5. The summed E-state index contributed by atoms with van der Waals surface area (Å²) in [5.41, 5.74) is 1.03. The van der Waals surface area contributed by atoms with Crippen LogP contribution in [0.4, 0.5) is 0 Å². The third-order valence-corrected chi connectivity index (χ3v) is 3.67. The third-order valence-electron chi connectivity index (χ3n) is 2.05. The maximum Gasteiger partial charge on any atom is 0.304 e. The van der Waals surface area contributed by atoms with Crippen molar-refractivity contribution in [3.8, 4) is 0 Å². The summed E-state index contributed by atoms with van der Waals surface area (Å²) in [4.78, 5) is 11.2. The average Bonchev–Trinajstić information content (AvgIpc) is 2.15. The zero-order valence-electron chi connectivity index (χ0n) is 8.77. The fourth-order valence-electron chi connectivity index (χ4n) is 1.29. The van der Waals surface area contributed by atoms with Crippen LogP contribution in [0.5, 0.6) is 0 Å². The molecule has 0 radical (unpaired) electrons. The van der Waals surface area contributed by atoms with Gasteiger partial charge in [-0.05, 0) is 31.5 Å². The van der Waals surface area contributed by atoms with E-state index < -0.39 is 16.8 Å². The lowest BCUT2D eigenvalue weighted by Gasteiger charge is -2.09. The van der Waals surface area contributed by atoms with Crippen molar-refractivity contribution in [1.29, 1.82) is 0 Å². The largest absolute Gasteiger partial charge is 0.481 e. The van der Waals surface area contributed by atoms with E-state index in [0.717, 1.165) is 5.56 Å². The minimum Gasteiger partial charge on any atom is -0.481 e. The Balaban J connectivity index is 2.80. The summed E-state index contributed by atoms with van der Waals surface area (Å²) in [5.74, 6) is -0.913. The lowest BCUT2D eigenvalue weighted by molar-refractivity contribution is -0.136. The number of rotatable bonds is 4. The first-order valence-electron chi connectivity index (χ1n) is 4.69. The average molecular weight is 226 g/mol. The van der Waals surface area contributed by atoms with Crippen LogP contribution < -0.4 is 0 Å². The Morgan fingerprint density at radius 2 is 2.20 bits per heavy atom. The van der Waals surface area contributed by atoms with Crippen molar-refractivity contribution in [2.75, 3.05) is 0 Å². The fourth-order valence-corrected chi connectivity index (χ4v) is 2.57. The molecule has 2 unspecified atom stereocenters. The molecule has 3 nitrogen and oxygen atoms in total. The quantitative estimate of drug-likeness (QED) is 0.854. The van der Waals surface area contributed by atoms with E-state index in [0.29, 0.717) is 4.90 Å². The molecule has 1 aromatic rings. The van der Waals surface area contributed by atoms with E-state index in [9.17, 15) is 9.00 Å². The molecule has 15 heavy (non-hydrogen) atoms. The van der Waals surface area contributed by atoms with Gasteiger partial charge in [-0.25, -0.2) is 0 Å². The van der Waals surface area contributed by atoms with Crippen LogP contribution in [-0.2, 0) is 15.6 Å². The second-order valence-corrected chi connectivity index (χ2v) is 5.39. The highest BCUT2D eigenvalue weighted by atomic mass is 32.2. The highest BCUT2D eigenvalue weighted by Crippen LogP contribution is 2.14. The van der Waals surface area contributed by atoms with Gasteiger partial charge in [-0.2, -0.15) is 0 Å². The zero-order valence-corrected chi connectivity index (χ0v) is 9.58. The van der Waals surface area contributed by atoms with Gasteiger partial charge < -0.3 is 5.11 Å². The van der Waals surface area contributed by atoms with Crippen molar-refractivity contribution in [2.24, 2.45) is 0 Å². The van der Waals surface area contributed by atoms with Gasteiger partial charge in [-0.15, -0.1) is 0 Å². The van der Waals surface area contributed by atoms with Gasteiger partial charge in [0.25, 0.3) is 0 Å². The number of carboxylic acids is 1. The summed E-state index contributed by atoms with van der Waals surface area (Å²) in [5, 5.41) is 8.24. The van der Waals surface area contributed by atoms with Crippen LogP contribution in [0.1, 0.15) is 18.9 Å². The highest BCUT2D eigenvalue weighted by molar-refractivity contribution is 7.85. The van der Waals surface area contributed by atoms with E-state index in [-0.39, 0.29) is 11.7 Å². The molecule has 0 saturated heterocycles. The number of aryl methyl sites for hydroxylation is 1. The summed E-state index contributed by atoms with van der Waals surface area (Å²) in [6, 6.07) is 7.34. The highest BCUT2D eigenvalue weighted by Gasteiger charge is 2.16. The Hall–Kier alpha value is -1.16. The van der Waals surface area contributed by atoms with Crippen LogP contribution in [0.3, 0.4) is 0 Å². The lowest BCUT2D eigenvalue weighted by Crippen LogP contribution is -2.15. The van der Waals surface area contributed by atoms with Crippen molar-refractivity contribution in [2.45, 2.75) is 30.4 Å². The summed E-state index contributed by atoms with van der Waals surface area (Å²) < 4.78 is 11.9. The lowest BCUT2D eigenvalue weighted by atomic mass is 10.2. The van der Waals surface area contributed by atoms with Gasteiger partial charge in [0.1, 0.15) is 0 Å². The van der Waals surface area contributed by atoms with E-state index >= 15 is 0 Å². The second-order valence-electron chi connectivity index (χ2n) is 3.52. The number of carbonyl (C=O) groups is 1. The van der Waals surface area contributed by atoms with Gasteiger partial charge >= 0.3 is 5.97 Å². The summed E-state index contributed by atoms with van der Waals surface area (Å²) in [7, 11) is -1.24. The third kappa shape index (κ3) is 3.47. The molecule has 4 heteroatoms. The molecule has 1 N–H and O–H groups in total. The summed E-state index contributed by atoms with van der Waals surface area (Å²) >= 11 is 0. The van der Waals surface area contributed by atoms with Gasteiger partial charge in [0.15, 0.2) is 0 Å². The molecule has 0 bridgehead atoms. The van der Waals surface area contributed by atoms with Crippen molar-refractivity contribution in [1.82, 2.24) is 0 Å². The number of aliphatic carboxylic acids is 1. The molecule has 1 aromatic carbocycles. The standard InChI is InChI=1S/C11H14O3S/c1-8-4-3-5-10(6-8)15(14)9(2)7-11(12)13/h3-6,9H,7H2,1-2H3,(H,12,13). The fraction of sp³-hybridized carbons (Fsp3) is 0.364. The molecule has 0 saturated carbocycles. The van der Waals surface area contributed by atoms with Crippen molar-refractivity contribution in [3.05, 3.63) is 29.8 Å². The van der Waals surface area contributed by atoms with E-state index in [2.05, 4.69) is 0 Å². The van der Waals surface area contributed by atoms with Crippen molar-refractivity contribution in [3.63, 3.8) is 0 Å². The zero-order chi connectivity index (χ0) is 11.4. The van der Waals surface area contributed by atoms with Crippen LogP contribution in [-0.4, -0.2) is 20.5 Å². The van der Waals surface area contributed by atoms with E-state index in [1.165, 1.54) is 0 Å². The van der Waals surface area contributed by atoms with E-state index in [4.69, 9.17) is 5.11 Å². The minimum absolute atomic E-state index is 0.0689. The molecular weight excluding hydrogens is 212 g/mol. The molecule has 0 amide bonds. The molecule has 0 heterocycles. The number of hydrogen-bond donors (Lipinski definition) is 1. The molecule has 1 rings (SSSR count). The first kappa shape index (κ1) is 11.9. The van der Waals surface area contributed by atoms with Crippen LogP contribution >= 0.6 is 0 Å². The Morgan fingerprint density at radius 1 is 1.53 bits per heavy atom. The van der Waals surface area contributed by atoms with Gasteiger partial charge in [0.05, 0.1) is 17.2 Å². The van der Waals surface area contributed by atoms with Gasteiger partial charge in [-0.3, -0.25) is 9.00 Å². The molecule has 0 spiro atoms. The molecular formula is C11H14O3S. The van der Waals surface area contributed by atoms with E-state index in [1.54, 1.807) is 13.0 Å². The second kappa shape index (κ2) is 5.07. The molecule has 0 aromatic heterocycles. The van der Waals surface area contributed by atoms with Gasteiger partial charge in [0, 0.05) is 10.1 Å². The number of benzene rings is 1. The molecule has 0 aliphatic heterocycles. The first-order chi connectivity index (χ1) is 7.00. The van der Waals surface area contributed by atoms with Crippen LogP contribution in [0.15, 0.2) is 29.2 Å². The van der Waals surface area contributed by atoms with Crippen molar-refractivity contribution >= 4 is 16.8 Å². The Kier molecular flexibility index (Phi) is 4.03. The topological polar surface area (TPSA) is 54.4 Å². The van der Waals surface area contributed by atoms with E-state index in [1.807, 2.05) is 25.1 Å². The minimum atomic E-state index is -1.24. The monoisotopic (exact) mass is 226 g/mol. The summed E-state index contributed by atoms with van der Waals surface area (Å²) in [6.07, 6.45) is -0.0689.